The third kappa shape index (κ3) is 11.2. The molecule has 0 saturated heterocycles. The van der Waals surface area contributed by atoms with E-state index >= 15 is 0 Å². The van der Waals surface area contributed by atoms with E-state index in [-0.39, 0.29) is 43.1 Å². The van der Waals surface area contributed by atoms with E-state index in [0.717, 1.165) is 13.7 Å². The largest absolute Gasteiger partial charge is 0.468 e. The highest BCUT2D eigenvalue weighted by atomic mass is 32.2. The lowest BCUT2D eigenvalue weighted by atomic mass is 10.2. The Morgan fingerprint density at radius 1 is 0.686 bits per heavy atom. The summed E-state index contributed by atoms with van der Waals surface area (Å²) >= 11 is 1.17. The molecule has 3 atom stereocenters. The zero-order valence-corrected chi connectivity index (χ0v) is 21.7. The Hall–Kier alpha value is -2.42. The van der Waals surface area contributed by atoms with Crippen molar-refractivity contribution >= 4 is 23.7 Å². The number of esters is 2. The van der Waals surface area contributed by atoms with Gasteiger partial charge in [0, 0.05) is 0 Å². The van der Waals surface area contributed by atoms with Gasteiger partial charge < -0.3 is 24.8 Å². The molecule has 202 valence electrons. The predicted molar refractivity (Wildman–Crippen MR) is 129 cm³/mol. The molecule has 13 nitrogen and oxygen atoms in total. The Kier molecular flexibility index (Phi) is 15.9. The second-order valence-corrected chi connectivity index (χ2v) is 8.50. The maximum atomic E-state index is 12.4. The second-order valence-electron chi connectivity index (χ2n) is 7.51. The summed E-state index contributed by atoms with van der Waals surface area (Å²) in [6.45, 7) is 4.35. The van der Waals surface area contributed by atoms with Crippen molar-refractivity contribution in [3.8, 4) is 0 Å². The molecule has 1 aromatic heterocycles. The van der Waals surface area contributed by atoms with Gasteiger partial charge in [-0.2, -0.15) is 0 Å². The van der Waals surface area contributed by atoms with Crippen LogP contribution in [0.15, 0.2) is 14.4 Å². The van der Waals surface area contributed by atoms with Gasteiger partial charge in [-0.15, -0.1) is 11.8 Å². The molecule has 1 rings (SSSR count). The number of methoxy groups -OCH3 is 2. The molecule has 0 aliphatic heterocycles. The number of nitrogens with zero attached hydrogens (tertiary/aromatic N) is 3. The zero-order chi connectivity index (χ0) is 27.1. The van der Waals surface area contributed by atoms with Crippen molar-refractivity contribution in [2.75, 3.05) is 25.7 Å². The number of hydrogen-bond donors (Lipinski definition) is 3. The molecule has 3 N–H and O–H groups in total. The summed E-state index contributed by atoms with van der Waals surface area (Å²) in [6, 6.07) is 0. The van der Waals surface area contributed by atoms with Crippen molar-refractivity contribution in [3.63, 3.8) is 0 Å². The lowest BCUT2D eigenvalue weighted by Gasteiger charge is -2.18. The highest BCUT2D eigenvalue weighted by Crippen LogP contribution is 2.00. The van der Waals surface area contributed by atoms with Gasteiger partial charge >= 0.3 is 29.0 Å². The quantitative estimate of drug-likeness (QED) is 0.258. The molecular formula is C21H37N3O10S. The summed E-state index contributed by atoms with van der Waals surface area (Å²) in [7, 11) is 2.61. The fourth-order valence-electron chi connectivity index (χ4n) is 2.51. The van der Waals surface area contributed by atoms with Crippen LogP contribution in [0.5, 0.6) is 0 Å². The second kappa shape index (κ2) is 17.1. The van der Waals surface area contributed by atoms with Crippen LogP contribution < -0.4 is 17.1 Å². The van der Waals surface area contributed by atoms with E-state index in [4.69, 9.17) is 0 Å². The van der Waals surface area contributed by atoms with Crippen molar-refractivity contribution in [1.82, 2.24) is 13.7 Å². The molecule has 3 unspecified atom stereocenters. The topological polar surface area (TPSA) is 179 Å². The van der Waals surface area contributed by atoms with Crippen LogP contribution in [0.25, 0.3) is 0 Å². The van der Waals surface area contributed by atoms with Crippen LogP contribution in [0.3, 0.4) is 0 Å². The highest BCUT2D eigenvalue weighted by molar-refractivity contribution is 8.00. The molecular weight excluding hydrogens is 486 g/mol. The fourth-order valence-corrected chi connectivity index (χ4v) is 3.18. The van der Waals surface area contributed by atoms with Gasteiger partial charge in [0.15, 0.2) is 0 Å². The number of carbonyl (C=O) groups is 2. The van der Waals surface area contributed by atoms with Crippen molar-refractivity contribution in [2.45, 2.75) is 78.0 Å². The third-order valence-corrected chi connectivity index (χ3v) is 5.75. The average molecular weight is 524 g/mol. The molecule has 0 amide bonds. The van der Waals surface area contributed by atoms with Crippen LogP contribution in [0.2, 0.25) is 0 Å². The van der Waals surface area contributed by atoms with Gasteiger partial charge in [-0.3, -0.25) is 9.59 Å². The maximum Gasteiger partial charge on any atom is 0.336 e. The first-order chi connectivity index (χ1) is 16.5. The molecule has 35 heavy (non-hydrogen) atoms. The van der Waals surface area contributed by atoms with Gasteiger partial charge in [-0.25, -0.2) is 28.1 Å². The first kappa shape index (κ1) is 32.6. The van der Waals surface area contributed by atoms with Crippen LogP contribution in [-0.4, -0.2) is 85.0 Å². The number of hydrogen-bond acceptors (Lipinski definition) is 11. The monoisotopic (exact) mass is 523 g/mol. The molecule has 0 spiro atoms. The van der Waals surface area contributed by atoms with Gasteiger partial charge in [0.25, 0.3) is 0 Å². The fraction of sp³-hybridized carbons (Fsp3) is 0.762. The van der Waals surface area contributed by atoms with Crippen molar-refractivity contribution < 1.29 is 34.4 Å². The predicted octanol–water partition coefficient (Wildman–Crippen LogP) is -1.45. The van der Waals surface area contributed by atoms with Crippen LogP contribution in [0.1, 0.15) is 40.0 Å². The number of aromatic nitrogens is 3. The van der Waals surface area contributed by atoms with E-state index < -0.39 is 35.4 Å². The van der Waals surface area contributed by atoms with E-state index in [9.17, 15) is 39.3 Å². The van der Waals surface area contributed by atoms with Gasteiger partial charge in [0.2, 0.25) is 0 Å². The average Bonchev–Trinajstić information content (AvgIpc) is 2.86. The van der Waals surface area contributed by atoms with E-state index in [0.29, 0.717) is 19.3 Å². The third-order valence-electron chi connectivity index (χ3n) is 4.87. The first-order valence-electron chi connectivity index (χ1n) is 11.2. The summed E-state index contributed by atoms with van der Waals surface area (Å²) < 4.78 is 11.0. The Balaban J connectivity index is 0.000000883. The van der Waals surface area contributed by atoms with Crippen LogP contribution in [-0.2, 0) is 38.7 Å². The van der Waals surface area contributed by atoms with Gasteiger partial charge in [-0.1, -0.05) is 20.8 Å². The van der Waals surface area contributed by atoms with Crippen LogP contribution in [0.4, 0.5) is 0 Å². The number of rotatable bonds is 13. The van der Waals surface area contributed by atoms with E-state index in [1.54, 1.807) is 20.8 Å². The zero-order valence-electron chi connectivity index (χ0n) is 20.8. The number of carbonyl (C=O) groups excluding carboxylic acids is 2. The van der Waals surface area contributed by atoms with Gasteiger partial charge in [0.1, 0.15) is 0 Å². The molecule has 0 bridgehead atoms. The van der Waals surface area contributed by atoms with E-state index in [1.165, 1.54) is 26.0 Å². The number of thioether (sulfide) groups is 1. The smallest absolute Gasteiger partial charge is 0.336 e. The summed E-state index contributed by atoms with van der Waals surface area (Å²) in [5, 5.41) is 29.3. The Morgan fingerprint density at radius 3 is 1.14 bits per heavy atom. The number of aliphatic hydroxyl groups is 3. The van der Waals surface area contributed by atoms with Crippen molar-refractivity contribution in [1.29, 1.82) is 0 Å². The summed E-state index contributed by atoms with van der Waals surface area (Å²) in [6.07, 6.45) is -1.74. The van der Waals surface area contributed by atoms with E-state index in [1.807, 2.05) is 0 Å². The van der Waals surface area contributed by atoms with Crippen molar-refractivity contribution in [2.24, 2.45) is 0 Å². The summed E-state index contributed by atoms with van der Waals surface area (Å²) in [4.78, 5) is 58.3. The number of ether oxygens (including phenoxy) is 2. The molecule has 1 aromatic rings. The molecule has 0 saturated carbocycles. The molecule has 14 heteroatoms. The minimum Gasteiger partial charge on any atom is -0.468 e. The van der Waals surface area contributed by atoms with Gasteiger partial charge in [0.05, 0.1) is 63.7 Å². The summed E-state index contributed by atoms with van der Waals surface area (Å²) in [5.74, 6) is -0.296. The highest BCUT2D eigenvalue weighted by Gasteiger charge is 2.20. The minimum absolute atomic E-state index is 0.186. The molecule has 1 heterocycles. The lowest BCUT2D eigenvalue weighted by molar-refractivity contribution is -0.137. The molecule has 0 aliphatic rings. The molecule has 0 aromatic carbocycles. The Morgan fingerprint density at radius 2 is 0.943 bits per heavy atom. The van der Waals surface area contributed by atoms with E-state index in [2.05, 4.69) is 9.47 Å². The molecule has 0 radical (unpaired) electrons. The Labute approximate surface area is 207 Å². The number of aliphatic hydroxyl groups excluding tert-OH is 3. The van der Waals surface area contributed by atoms with Crippen molar-refractivity contribution in [3.05, 3.63) is 31.5 Å². The standard InChI is InChI=1S/C15H27N3O6.C6H10O4S/c1-4-10(19)7-16-13(22)17(8-11(20)5-2)15(24)18(14(16)23)9-12(21)6-3;1-9-5(7)3-11-4-6(8)10-2/h10-12,19-21H,4-9H2,1-3H3;3-4H2,1-2H3. The van der Waals surface area contributed by atoms with Crippen LogP contribution >= 0.6 is 11.8 Å². The van der Waals surface area contributed by atoms with Gasteiger partial charge in [-0.05, 0) is 19.3 Å². The maximum absolute atomic E-state index is 12.4. The first-order valence-corrected chi connectivity index (χ1v) is 12.3. The lowest BCUT2D eigenvalue weighted by Crippen LogP contribution is -2.57. The SMILES string of the molecule is CCC(O)Cn1c(=O)n(CC(O)CC)c(=O)n(CC(O)CC)c1=O.COC(=O)CSCC(=O)OC. The molecule has 0 aliphatic carbocycles. The van der Waals surface area contributed by atoms with Crippen LogP contribution in [0, 0.1) is 0 Å². The summed E-state index contributed by atoms with van der Waals surface area (Å²) in [5.41, 5.74) is -2.60. The minimum atomic E-state index is -0.915. The molecule has 0 fully saturated rings. The Bertz CT molecular complexity index is 830. The normalized spacial score (nSPS) is 13.3.